The Bertz CT molecular complexity index is 364. The van der Waals surface area contributed by atoms with Crippen molar-refractivity contribution >= 4 is 11.8 Å². The predicted octanol–water partition coefficient (Wildman–Crippen LogP) is 1.32. The zero-order valence-corrected chi connectivity index (χ0v) is 12.7. The van der Waals surface area contributed by atoms with E-state index in [1.165, 1.54) is 0 Å². The molecule has 5 heteroatoms. The first-order chi connectivity index (χ1) is 9.54. The van der Waals surface area contributed by atoms with E-state index in [0.29, 0.717) is 13.0 Å². The summed E-state index contributed by atoms with van der Waals surface area (Å²) in [6.45, 7) is 7.35. The smallest absolute Gasteiger partial charge is 0.245 e. The van der Waals surface area contributed by atoms with Gasteiger partial charge in [-0.25, -0.2) is 0 Å². The fraction of sp³-hybridized carbons (Fsp3) is 0.867. The Hall–Kier alpha value is -1.10. The summed E-state index contributed by atoms with van der Waals surface area (Å²) in [6.07, 6.45) is 3.90. The SMILES string of the molecule is CCC1NC(=O)C(C(C)C)N(CCC2CCCO2)C1=O. The van der Waals surface area contributed by atoms with Crippen molar-refractivity contribution < 1.29 is 14.3 Å². The summed E-state index contributed by atoms with van der Waals surface area (Å²) in [6, 6.07) is -0.700. The molecule has 1 N–H and O–H groups in total. The number of hydrogen-bond acceptors (Lipinski definition) is 3. The van der Waals surface area contributed by atoms with Gasteiger partial charge in [0.1, 0.15) is 12.1 Å². The number of carbonyl (C=O) groups is 2. The van der Waals surface area contributed by atoms with Crippen LogP contribution in [-0.4, -0.2) is 48.1 Å². The summed E-state index contributed by atoms with van der Waals surface area (Å²) in [5.41, 5.74) is 0. The third-order valence-corrected chi connectivity index (χ3v) is 4.26. The molecule has 3 unspecified atom stereocenters. The predicted molar refractivity (Wildman–Crippen MR) is 76.2 cm³/mol. The van der Waals surface area contributed by atoms with Crippen LogP contribution in [-0.2, 0) is 14.3 Å². The summed E-state index contributed by atoms with van der Waals surface area (Å²) in [5.74, 6) is 0.170. The van der Waals surface area contributed by atoms with Gasteiger partial charge in [-0.05, 0) is 31.6 Å². The van der Waals surface area contributed by atoms with Crippen LogP contribution in [0.2, 0.25) is 0 Å². The van der Waals surface area contributed by atoms with E-state index in [1.54, 1.807) is 4.90 Å². The molecule has 0 spiro atoms. The van der Waals surface area contributed by atoms with Gasteiger partial charge in [0, 0.05) is 13.2 Å². The molecule has 3 atom stereocenters. The summed E-state index contributed by atoms with van der Waals surface area (Å²) < 4.78 is 5.62. The molecule has 0 aromatic rings. The number of nitrogens with zero attached hydrogens (tertiary/aromatic N) is 1. The molecule has 114 valence electrons. The molecule has 2 rings (SSSR count). The van der Waals surface area contributed by atoms with Crippen molar-refractivity contribution in [2.24, 2.45) is 5.92 Å². The second-order valence-electron chi connectivity index (χ2n) is 6.11. The Kier molecular flexibility index (Phi) is 5.02. The maximum Gasteiger partial charge on any atom is 0.245 e. The highest BCUT2D eigenvalue weighted by Gasteiger charge is 2.41. The average molecular weight is 282 g/mol. The quantitative estimate of drug-likeness (QED) is 0.827. The van der Waals surface area contributed by atoms with Crippen molar-refractivity contribution in [3.05, 3.63) is 0 Å². The van der Waals surface area contributed by atoms with Gasteiger partial charge in [0.25, 0.3) is 0 Å². The molecule has 2 aliphatic rings. The van der Waals surface area contributed by atoms with Crippen LogP contribution >= 0.6 is 0 Å². The molecule has 5 nitrogen and oxygen atoms in total. The second-order valence-corrected chi connectivity index (χ2v) is 6.11. The van der Waals surface area contributed by atoms with Gasteiger partial charge in [-0.2, -0.15) is 0 Å². The first-order valence-corrected chi connectivity index (χ1v) is 7.77. The number of amides is 2. The van der Waals surface area contributed by atoms with Crippen molar-refractivity contribution in [3.63, 3.8) is 0 Å². The van der Waals surface area contributed by atoms with Crippen molar-refractivity contribution in [1.82, 2.24) is 10.2 Å². The molecule has 0 bridgehead atoms. The Balaban J connectivity index is 2.05. The molecule has 2 heterocycles. The molecule has 2 saturated heterocycles. The van der Waals surface area contributed by atoms with Crippen LogP contribution < -0.4 is 5.32 Å². The van der Waals surface area contributed by atoms with Gasteiger partial charge in [-0.1, -0.05) is 20.8 Å². The van der Waals surface area contributed by atoms with Crippen LogP contribution in [0.4, 0.5) is 0 Å². The van der Waals surface area contributed by atoms with Crippen LogP contribution in [0.25, 0.3) is 0 Å². The molecular formula is C15H26N2O3. The molecule has 0 saturated carbocycles. The Morgan fingerprint density at radius 3 is 2.70 bits per heavy atom. The fourth-order valence-corrected chi connectivity index (χ4v) is 3.14. The van der Waals surface area contributed by atoms with E-state index in [9.17, 15) is 9.59 Å². The maximum atomic E-state index is 12.5. The first-order valence-electron chi connectivity index (χ1n) is 7.77. The second kappa shape index (κ2) is 6.57. The first kappa shape index (κ1) is 15.3. The van der Waals surface area contributed by atoms with Gasteiger partial charge in [-0.15, -0.1) is 0 Å². The minimum Gasteiger partial charge on any atom is -0.378 e. The number of ether oxygens (including phenoxy) is 1. The fourth-order valence-electron chi connectivity index (χ4n) is 3.14. The molecule has 0 aromatic heterocycles. The Morgan fingerprint density at radius 2 is 2.15 bits per heavy atom. The van der Waals surface area contributed by atoms with Gasteiger partial charge in [0.2, 0.25) is 11.8 Å². The van der Waals surface area contributed by atoms with Crippen molar-refractivity contribution in [3.8, 4) is 0 Å². The lowest BCUT2D eigenvalue weighted by Crippen LogP contribution is -2.64. The molecular weight excluding hydrogens is 256 g/mol. The van der Waals surface area contributed by atoms with Gasteiger partial charge in [-0.3, -0.25) is 9.59 Å². The van der Waals surface area contributed by atoms with E-state index >= 15 is 0 Å². The standard InChI is InChI=1S/C15H26N2O3/c1-4-12-15(19)17(8-7-11-6-5-9-20-11)13(10(2)3)14(18)16-12/h10-13H,4-9H2,1-3H3,(H,16,18). The monoisotopic (exact) mass is 282 g/mol. The molecule has 0 aliphatic carbocycles. The maximum absolute atomic E-state index is 12.5. The van der Waals surface area contributed by atoms with E-state index in [-0.39, 0.29) is 35.9 Å². The summed E-state index contributed by atoms with van der Waals surface area (Å²) in [7, 11) is 0. The van der Waals surface area contributed by atoms with Crippen molar-refractivity contribution in [1.29, 1.82) is 0 Å². The zero-order chi connectivity index (χ0) is 14.7. The topological polar surface area (TPSA) is 58.6 Å². The van der Waals surface area contributed by atoms with Crippen molar-refractivity contribution in [2.45, 2.75) is 64.6 Å². The highest BCUT2D eigenvalue weighted by atomic mass is 16.5. The molecule has 2 amide bonds. The van der Waals surface area contributed by atoms with Crippen LogP contribution in [0.15, 0.2) is 0 Å². The molecule has 2 fully saturated rings. The lowest BCUT2D eigenvalue weighted by molar-refractivity contribution is -0.151. The number of carbonyl (C=O) groups excluding carboxylic acids is 2. The summed E-state index contributed by atoms with van der Waals surface area (Å²) in [5, 5.41) is 2.84. The number of rotatable bonds is 5. The minimum atomic E-state index is -0.359. The normalized spacial score (nSPS) is 31.0. The van der Waals surface area contributed by atoms with Gasteiger partial charge in [0.05, 0.1) is 6.10 Å². The lowest BCUT2D eigenvalue weighted by atomic mass is 9.95. The highest BCUT2D eigenvalue weighted by Crippen LogP contribution is 2.22. The number of hydrogen-bond donors (Lipinski definition) is 1. The third-order valence-electron chi connectivity index (χ3n) is 4.26. The van der Waals surface area contributed by atoms with Crippen molar-refractivity contribution in [2.75, 3.05) is 13.2 Å². The minimum absolute atomic E-state index is 0.0150. The van der Waals surface area contributed by atoms with E-state index in [4.69, 9.17) is 4.74 Å². The van der Waals surface area contributed by atoms with Crippen LogP contribution in [0.1, 0.15) is 46.5 Å². The van der Waals surface area contributed by atoms with Gasteiger partial charge >= 0.3 is 0 Å². The van der Waals surface area contributed by atoms with Crippen LogP contribution in [0, 0.1) is 5.92 Å². The van der Waals surface area contributed by atoms with E-state index in [2.05, 4.69) is 5.32 Å². The summed E-state index contributed by atoms with van der Waals surface area (Å²) in [4.78, 5) is 26.5. The van der Waals surface area contributed by atoms with E-state index in [0.717, 1.165) is 25.9 Å². The Labute approximate surface area is 121 Å². The molecule has 0 aromatic carbocycles. The number of piperazine rings is 1. The Morgan fingerprint density at radius 1 is 1.40 bits per heavy atom. The molecule has 2 aliphatic heterocycles. The largest absolute Gasteiger partial charge is 0.378 e. The van der Waals surface area contributed by atoms with Crippen LogP contribution in [0.3, 0.4) is 0 Å². The lowest BCUT2D eigenvalue weighted by Gasteiger charge is -2.41. The van der Waals surface area contributed by atoms with Gasteiger partial charge in [0.15, 0.2) is 0 Å². The zero-order valence-electron chi connectivity index (χ0n) is 12.7. The molecule has 0 radical (unpaired) electrons. The third kappa shape index (κ3) is 3.14. The van der Waals surface area contributed by atoms with E-state index in [1.807, 2.05) is 20.8 Å². The summed E-state index contributed by atoms with van der Waals surface area (Å²) >= 11 is 0. The molecule has 20 heavy (non-hydrogen) atoms. The highest BCUT2D eigenvalue weighted by molar-refractivity contribution is 5.97. The van der Waals surface area contributed by atoms with E-state index < -0.39 is 0 Å². The van der Waals surface area contributed by atoms with Gasteiger partial charge < -0.3 is 15.0 Å². The average Bonchev–Trinajstić information content (AvgIpc) is 2.91. The van der Waals surface area contributed by atoms with Crippen LogP contribution in [0.5, 0.6) is 0 Å². The number of nitrogens with one attached hydrogen (secondary N) is 1.